The van der Waals surface area contributed by atoms with Crippen LogP contribution in [0.5, 0.6) is 0 Å². The summed E-state index contributed by atoms with van der Waals surface area (Å²) in [7, 11) is 0. The Bertz CT molecular complexity index is 943. The first-order valence-corrected chi connectivity index (χ1v) is 10.6. The molecule has 2 saturated heterocycles. The van der Waals surface area contributed by atoms with Crippen molar-refractivity contribution >= 4 is 29.1 Å². The molecule has 0 saturated carbocycles. The number of piperidine rings is 1. The second kappa shape index (κ2) is 9.32. The summed E-state index contributed by atoms with van der Waals surface area (Å²) in [5, 5.41) is 3.18. The average molecular weight is 425 g/mol. The van der Waals surface area contributed by atoms with Crippen LogP contribution in [0.4, 0.5) is 17.3 Å². The zero-order chi connectivity index (χ0) is 21.8. The maximum atomic E-state index is 12.6. The van der Waals surface area contributed by atoms with Crippen molar-refractivity contribution < 1.29 is 14.3 Å². The lowest BCUT2D eigenvalue weighted by Gasteiger charge is -2.32. The molecule has 2 aliphatic heterocycles. The average Bonchev–Trinajstić information content (AvgIpc) is 2.79. The minimum atomic E-state index is -0.559. The van der Waals surface area contributed by atoms with E-state index < -0.39 is 5.91 Å². The van der Waals surface area contributed by atoms with E-state index >= 15 is 0 Å². The number of nitrogens with one attached hydrogen (secondary N) is 1. The van der Waals surface area contributed by atoms with Crippen LogP contribution < -0.4 is 21.7 Å². The number of rotatable bonds is 5. The van der Waals surface area contributed by atoms with Crippen LogP contribution in [-0.4, -0.2) is 67.1 Å². The summed E-state index contributed by atoms with van der Waals surface area (Å²) in [5.74, 6) is 0.559. The molecular formula is C22H28N6O3. The zero-order valence-electron chi connectivity index (χ0n) is 17.4. The minimum absolute atomic E-state index is 0.0192. The Morgan fingerprint density at radius 3 is 2.48 bits per heavy atom. The molecule has 2 amide bonds. The molecule has 3 heterocycles. The van der Waals surface area contributed by atoms with E-state index in [0.717, 1.165) is 31.7 Å². The number of nitrogens with two attached hydrogens (primary N) is 2. The van der Waals surface area contributed by atoms with Crippen LogP contribution in [0, 0.1) is 0 Å². The number of morpholine rings is 1. The molecule has 2 aliphatic rings. The molecule has 0 bridgehead atoms. The molecule has 1 unspecified atom stereocenters. The van der Waals surface area contributed by atoms with E-state index in [4.69, 9.17) is 16.2 Å². The highest BCUT2D eigenvalue weighted by molar-refractivity contribution is 5.99. The third-order valence-electron chi connectivity index (χ3n) is 5.62. The topological polar surface area (TPSA) is 127 Å². The molecule has 0 spiro atoms. The predicted octanol–water partition coefficient (Wildman–Crippen LogP) is 1.32. The lowest BCUT2D eigenvalue weighted by molar-refractivity contribution is 0.0303. The van der Waals surface area contributed by atoms with Gasteiger partial charge in [0.05, 0.1) is 18.8 Å². The maximum Gasteiger partial charge on any atom is 0.254 e. The van der Waals surface area contributed by atoms with Gasteiger partial charge in [0.15, 0.2) is 0 Å². The van der Waals surface area contributed by atoms with Crippen molar-refractivity contribution in [2.24, 2.45) is 11.5 Å². The molecule has 1 aromatic heterocycles. The summed E-state index contributed by atoms with van der Waals surface area (Å²) in [6.07, 6.45) is 2.00. The second-order valence-electron chi connectivity index (χ2n) is 7.89. The quantitative estimate of drug-likeness (QED) is 0.661. The molecule has 0 aliphatic carbocycles. The summed E-state index contributed by atoms with van der Waals surface area (Å²) in [4.78, 5) is 33.1. The largest absolute Gasteiger partial charge is 0.378 e. The normalized spacial score (nSPS) is 19.2. The van der Waals surface area contributed by atoms with Crippen molar-refractivity contribution in [3.8, 4) is 0 Å². The fraction of sp³-hybridized carbons (Fsp3) is 0.409. The van der Waals surface area contributed by atoms with Crippen molar-refractivity contribution in [2.45, 2.75) is 18.9 Å². The summed E-state index contributed by atoms with van der Waals surface area (Å²) in [5.41, 5.74) is 13.3. The summed E-state index contributed by atoms with van der Waals surface area (Å²) >= 11 is 0. The summed E-state index contributed by atoms with van der Waals surface area (Å²) < 4.78 is 5.30. The van der Waals surface area contributed by atoms with Gasteiger partial charge in [-0.15, -0.1) is 0 Å². The van der Waals surface area contributed by atoms with Gasteiger partial charge in [-0.05, 0) is 49.2 Å². The van der Waals surface area contributed by atoms with Crippen LogP contribution in [0.3, 0.4) is 0 Å². The molecule has 4 rings (SSSR count). The number of benzene rings is 1. The van der Waals surface area contributed by atoms with Crippen LogP contribution in [0.25, 0.3) is 0 Å². The predicted molar refractivity (Wildman–Crippen MR) is 119 cm³/mol. The molecule has 9 heteroatoms. The van der Waals surface area contributed by atoms with Gasteiger partial charge in [0.2, 0.25) is 0 Å². The molecule has 1 aromatic carbocycles. The Balaban J connectivity index is 1.52. The van der Waals surface area contributed by atoms with Gasteiger partial charge in [-0.1, -0.05) is 0 Å². The molecule has 9 nitrogen and oxygen atoms in total. The first kappa shape index (κ1) is 21.1. The number of hydrogen-bond donors (Lipinski definition) is 3. The number of ether oxygens (including phenoxy) is 1. The van der Waals surface area contributed by atoms with Crippen LogP contribution in [-0.2, 0) is 4.74 Å². The second-order valence-corrected chi connectivity index (χ2v) is 7.89. The van der Waals surface area contributed by atoms with E-state index in [1.54, 1.807) is 41.3 Å². The molecule has 164 valence electrons. The highest BCUT2D eigenvalue weighted by Crippen LogP contribution is 2.25. The first-order chi connectivity index (χ1) is 15.0. The van der Waals surface area contributed by atoms with E-state index in [1.165, 1.54) is 0 Å². The third-order valence-corrected chi connectivity index (χ3v) is 5.62. The Morgan fingerprint density at radius 1 is 1.06 bits per heavy atom. The number of carbonyl (C=O) groups is 2. The number of pyridine rings is 1. The van der Waals surface area contributed by atoms with Crippen LogP contribution in [0.2, 0.25) is 0 Å². The molecular weight excluding hydrogens is 396 g/mol. The van der Waals surface area contributed by atoms with Crippen LogP contribution >= 0.6 is 0 Å². The third kappa shape index (κ3) is 4.95. The van der Waals surface area contributed by atoms with Crippen molar-refractivity contribution in [2.75, 3.05) is 49.6 Å². The SMILES string of the molecule is NC(=O)c1ccc(N2CCCC(N)C2)nc1Nc1ccc(C(=O)N2CCOCC2)cc1. The van der Waals surface area contributed by atoms with Crippen LogP contribution in [0.15, 0.2) is 36.4 Å². The molecule has 5 N–H and O–H groups in total. The van der Waals surface area contributed by atoms with Crippen molar-refractivity contribution in [1.82, 2.24) is 9.88 Å². The molecule has 31 heavy (non-hydrogen) atoms. The smallest absolute Gasteiger partial charge is 0.254 e. The van der Waals surface area contributed by atoms with E-state index in [0.29, 0.717) is 48.9 Å². The monoisotopic (exact) mass is 424 g/mol. The highest BCUT2D eigenvalue weighted by Gasteiger charge is 2.21. The van der Waals surface area contributed by atoms with Gasteiger partial charge in [-0.2, -0.15) is 0 Å². The lowest BCUT2D eigenvalue weighted by Crippen LogP contribution is -2.43. The number of aromatic nitrogens is 1. The number of nitrogens with zero attached hydrogens (tertiary/aromatic N) is 3. The van der Waals surface area contributed by atoms with E-state index in [-0.39, 0.29) is 11.9 Å². The van der Waals surface area contributed by atoms with Gasteiger partial charge in [0.1, 0.15) is 11.6 Å². The van der Waals surface area contributed by atoms with Crippen molar-refractivity contribution in [3.05, 3.63) is 47.5 Å². The first-order valence-electron chi connectivity index (χ1n) is 10.6. The van der Waals surface area contributed by atoms with Crippen molar-refractivity contribution in [3.63, 3.8) is 0 Å². The van der Waals surface area contributed by atoms with Gasteiger partial charge < -0.3 is 31.3 Å². The summed E-state index contributed by atoms with van der Waals surface area (Å²) in [6.45, 7) is 3.90. The number of amides is 2. The Labute approximate surface area is 181 Å². The molecule has 0 radical (unpaired) electrons. The van der Waals surface area contributed by atoms with Crippen molar-refractivity contribution in [1.29, 1.82) is 0 Å². The summed E-state index contributed by atoms with van der Waals surface area (Å²) in [6, 6.07) is 10.7. The number of carbonyl (C=O) groups excluding carboxylic acids is 2. The zero-order valence-corrected chi connectivity index (χ0v) is 17.4. The fourth-order valence-corrected chi connectivity index (χ4v) is 3.92. The van der Waals surface area contributed by atoms with E-state index in [2.05, 4.69) is 15.2 Å². The number of anilines is 3. The molecule has 2 fully saturated rings. The Hall–Kier alpha value is -3.17. The molecule has 1 atom stereocenters. The lowest BCUT2D eigenvalue weighted by atomic mass is 10.1. The molecule has 2 aromatic rings. The van der Waals surface area contributed by atoms with E-state index in [9.17, 15) is 9.59 Å². The maximum absolute atomic E-state index is 12.6. The number of primary amides is 1. The van der Waals surface area contributed by atoms with Gasteiger partial charge >= 0.3 is 0 Å². The standard InChI is InChI=1S/C22H28N6O3/c23-16-2-1-9-28(14-16)19-8-7-18(20(24)29)21(26-19)25-17-5-3-15(4-6-17)22(30)27-10-12-31-13-11-27/h3-8,16H,1-2,9-14,23H2,(H2,24,29)(H,25,26). The Morgan fingerprint density at radius 2 is 1.81 bits per heavy atom. The minimum Gasteiger partial charge on any atom is -0.378 e. The fourth-order valence-electron chi connectivity index (χ4n) is 3.92. The number of hydrogen-bond acceptors (Lipinski definition) is 7. The highest BCUT2D eigenvalue weighted by atomic mass is 16.5. The van der Waals surface area contributed by atoms with Gasteiger partial charge in [-0.3, -0.25) is 9.59 Å². The Kier molecular flexibility index (Phi) is 6.34. The van der Waals surface area contributed by atoms with Gasteiger partial charge in [-0.25, -0.2) is 4.98 Å². The van der Waals surface area contributed by atoms with E-state index in [1.807, 2.05) is 0 Å². The van der Waals surface area contributed by atoms with Crippen LogP contribution in [0.1, 0.15) is 33.6 Å². The van der Waals surface area contributed by atoms with Gasteiger partial charge in [0, 0.05) is 43.5 Å². The van der Waals surface area contributed by atoms with Gasteiger partial charge in [0.25, 0.3) is 11.8 Å².